The highest BCUT2D eigenvalue weighted by Gasteiger charge is 2.02. The van der Waals surface area contributed by atoms with E-state index in [1.165, 1.54) is 11.1 Å². The monoisotopic (exact) mass is 301 g/mol. The molecule has 0 aliphatic rings. The third-order valence-corrected chi connectivity index (χ3v) is 3.86. The molecule has 0 heterocycles. The molecule has 0 atom stereocenters. The average molecular weight is 301 g/mol. The molecule has 2 rings (SSSR count). The summed E-state index contributed by atoms with van der Waals surface area (Å²) in [4.78, 5) is 16.8. The van der Waals surface area contributed by atoms with Gasteiger partial charge in [0.25, 0.3) is 5.91 Å². The molecule has 110 valence electrons. The van der Waals surface area contributed by atoms with Crippen molar-refractivity contribution in [1.82, 2.24) is 5.48 Å². The average Bonchev–Trinajstić information content (AvgIpc) is 2.48. The lowest BCUT2D eigenvalue weighted by Crippen LogP contribution is -2.25. The molecule has 4 heteroatoms. The van der Waals surface area contributed by atoms with E-state index in [0.717, 1.165) is 11.3 Å². The van der Waals surface area contributed by atoms with E-state index in [9.17, 15) is 4.79 Å². The summed E-state index contributed by atoms with van der Waals surface area (Å²) in [5, 5.41) is 0. The van der Waals surface area contributed by atoms with Gasteiger partial charge in [-0.1, -0.05) is 60.2 Å². The van der Waals surface area contributed by atoms with Crippen LogP contribution in [0, 0.1) is 6.92 Å². The normalized spacial score (nSPS) is 10.3. The van der Waals surface area contributed by atoms with E-state index in [-0.39, 0.29) is 5.91 Å². The molecule has 0 spiro atoms. The lowest BCUT2D eigenvalue weighted by atomic mass is 10.2. The number of amides is 1. The number of carbonyl (C=O) groups excluding carboxylic acids is 1. The first-order chi connectivity index (χ1) is 10.2. The van der Waals surface area contributed by atoms with Gasteiger partial charge in [-0.3, -0.25) is 9.63 Å². The maximum absolute atomic E-state index is 11.6. The fourth-order valence-corrected chi connectivity index (χ4v) is 2.63. The van der Waals surface area contributed by atoms with Crippen molar-refractivity contribution in [2.24, 2.45) is 0 Å². The number of aryl methyl sites for hydroxylation is 1. The third kappa shape index (κ3) is 6.02. The smallest absolute Gasteiger partial charge is 0.253 e. The lowest BCUT2D eigenvalue weighted by Gasteiger charge is -2.06. The molecular weight excluding hydrogens is 282 g/mol. The summed E-state index contributed by atoms with van der Waals surface area (Å²) in [6, 6.07) is 18.1. The van der Waals surface area contributed by atoms with Gasteiger partial charge < -0.3 is 0 Å². The maximum atomic E-state index is 11.6. The summed E-state index contributed by atoms with van der Waals surface area (Å²) in [5.41, 5.74) is 5.98. The van der Waals surface area contributed by atoms with Gasteiger partial charge in [-0.15, -0.1) is 11.8 Å². The van der Waals surface area contributed by atoms with Gasteiger partial charge in [0.15, 0.2) is 0 Å². The van der Waals surface area contributed by atoms with Crippen LogP contribution in [0.3, 0.4) is 0 Å². The Morgan fingerprint density at radius 1 is 1.10 bits per heavy atom. The standard InChI is InChI=1S/C17H19NO2S/c1-14-6-5-9-16(10-14)12-21-13-17(19)18-20-11-15-7-3-2-4-8-15/h2-10H,11-13H2,1H3,(H,18,19). The zero-order chi connectivity index (χ0) is 14.9. The molecule has 2 aromatic rings. The van der Waals surface area contributed by atoms with Crippen LogP contribution in [0.15, 0.2) is 54.6 Å². The second kappa shape index (κ2) is 8.49. The molecule has 0 bridgehead atoms. The van der Waals surface area contributed by atoms with Gasteiger partial charge in [-0.2, -0.15) is 0 Å². The number of hydrogen-bond donors (Lipinski definition) is 1. The molecule has 1 amide bonds. The van der Waals surface area contributed by atoms with Crippen LogP contribution in [-0.4, -0.2) is 11.7 Å². The molecule has 0 fully saturated rings. The molecular formula is C17H19NO2S. The van der Waals surface area contributed by atoms with Crippen LogP contribution in [-0.2, 0) is 22.0 Å². The zero-order valence-corrected chi connectivity index (χ0v) is 12.9. The van der Waals surface area contributed by atoms with E-state index in [1.54, 1.807) is 11.8 Å². The number of benzene rings is 2. The molecule has 1 N–H and O–H groups in total. The fourth-order valence-electron chi connectivity index (χ4n) is 1.87. The Labute approximate surface area is 129 Å². The maximum Gasteiger partial charge on any atom is 0.253 e. The number of nitrogens with one attached hydrogen (secondary N) is 1. The van der Waals surface area contributed by atoms with Gasteiger partial charge in [-0.25, -0.2) is 5.48 Å². The Morgan fingerprint density at radius 3 is 2.62 bits per heavy atom. The van der Waals surface area contributed by atoms with Crippen molar-refractivity contribution in [2.75, 3.05) is 5.75 Å². The minimum atomic E-state index is -0.108. The fraction of sp³-hybridized carbons (Fsp3) is 0.235. The first kappa shape index (κ1) is 15.6. The highest BCUT2D eigenvalue weighted by atomic mass is 32.2. The highest BCUT2D eigenvalue weighted by molar-refractivity contribution is 7.99. The summed E-state index contributed by atoms with van der Waals surface area (Å²) in [5.74, 6) is 1.11. The quantitative estimate of drug-likeness (QED) is 0.796. The van der Waals surface area contributed by atoms with E-state index in [1.807, 2.05) is 36.4 Å². The van der Waals surface area contributed by atoms with Gasteiger partial charge in [0.05, 0.1) is 12.4 Å². The molecule has 0 unspecified atom stereocenters. The van der Waals surface area contributed by atoms with Crippen molar-refractivity contribution in [3.8, 4) is 0 Å². The summed E-state index contributed by atoms with van der Waals surface area (Å²) < 4.78 is 0. The Hall–Kier alpha value is -1.78. The second-order valence-corrected chi connectivity index (χ2v) is 5.77. The van der Waals surface area contributed by atoms with Gasteiger partial charge in [0.2, 0.25) is 0 Å². The predicted octanol–water partition coefficient (Wildman–Crippen LogP) is 3.48. The van der Waals surface area contributed by atoms with Crippen LogP contribution in [0.5, 0.6) is 0 Å². The van der Waals surface area contributed by atoms with Crippen LogP contribution in [0.4, 0.5) is 0 Å². The topological polar surface area (TPSA) is 38.3 Å². The van der Waals surface area contributed by atoms with Crippen molar-refractivity contribution >= 4 is 17.7 Å². The molecule has 0 aromatic heterocycles. The minimum absolute atomic E-state index is 0.108. The molecule has 0 radical (unpaired) electrons. The third-order valence-electron chi connectivity index (χ3n) is 2.85. The van der Waals surface area contributed by atoms with E-state index in [4.69, 9.17) is 4.84 Å². The first-order valence-electron chi connectivity index (χ1n) is 6.82. The molecule has 0 aliphatic heterocycles. The summed E-state index contributed by atoms with van der Waals surface area (Å²) in [6.45, 7) is 2.45. The first-order valence-corrected chi connectivity index (χ1v) is 7.97. The zero-order valence-electron chi connectivity index (χ0n) is 12.0. The molecule has 0 saturated heterocycles. The molecule has 0 saturated carbocycles. The van der Waals surface area contributed by atoms with E-state index >= 15 is 0 Å². The summed E-state index contributed by atoms with van der Waals surface area (Å²) in [6.07, 6.45) is 0. The number of carbonyl (C=O) groups is 1. The van der Waals surface area contributed by atoms with E-state index in [2.05, 4.69) is 30.6 Å². The number of thioether (sulfide) groups is 1. The van der Waals surface area contributed by atoms with Crippen LogP contribution in [0.25, 0.3) is 0 Å². The molecule has 3 nitrogen and oxygen atoms in total. The Bertz CT molecular complexity index is 572. The van der Waals surface area contributed by atoms with Gasteiger partial charge in [0.1, 0.15) is 0 Å². The molecule has 0 aliphatic carbocycles. The number of hydroxylamine groups is 1. The van der Waals surface area contributed by atoms with Crippen molar-refractivity contribution in [3.05, 3.63) is 71.3 Å². The Balaban J connectivity index is 1.61. The Kier molecular flexibility index (Phi) is 6.31. The van der Waals surface area contributed by atoms with Crippen molar-refractivity contribution in [3.63, 3.8) is 0 Å². The van der Waals surface area contributed by atoms with Crippen LogP contribution < -0.4 is 5.48 Å². The lowest BCUT2D eigenvalue weighted by molar-refractivity contribution is -0.131. The van der Waals surface area contributed by atoms with Gasteiger partial charge in [0, 0.05) is 5.75 Å². The van der Waals surface area contributed by atoms with Crippen LogP contribution in [0.2, 0.25) is 0 Å². The highest BCUT2D eigenvalue weighted by Crippen LogP contribution is 2.13. The molecule has 21 heavy (non-hydrogen) atoms. The Morgan fingerprint density at radius 2 is 1.86 bits per heavy atom. The predicted molar refractivity (Wildman–Crippen MR) is 86.7 cm³/mol. The van der Waals surface area contributed by atoms with Crippen molar-refractivity contribution in [1.29, 1.82) is 0 Å². The minimum Gasteiger partial charge on any atom is -0.272 e. The van der Waals surface area contributed by atoms with Crippen molar-refractivity contribution in [2.45, 2.75) is 19.3 Å². The molecule has 2 aromatic carbocycles. The number of rotatable bonds is 7. The SMILES string of the molecule is Cc1cccc(CSCC(=O)NOCc2ccccc2)c1. The van der Waals surface area contributed by atoms with Gasteiger partial charge in [-0.05, 0) is 18.1 Å². The second-order valence-electron chi connectivity index (χ2n) is 4.78. The summed E-state index contributed by atoms with van der Waals surface area (Å²) in [7, 11) is 0. The van der Waals surface area contributed by atoms with Gasteiger partial charge >= 0.3 is 0 Å². The van der Waals surface area contributed by atoms with Crippen LogP contribution >= 0.6 is 11.8 Å². The van der Waals surface area contributed by atoms with Crippen LogP contribution in [0.1, 0.15) is 16.7 Å². The largest absolute Gasteiger partial charge is 0.272 e. The van der Waals surface area contributed by atoms with E-state index in [0.29, 0.717) is 12.4 Å². The number of hydrogen-bond acceptors (Lipinski definition) is 3. The van der Waals surface area contributed by atoms with E-state index < -0.39 is 0 Å². The summed E-state index contributed by atoms with van der Waals surface area (Å²) >= 11 is 1.58. The van der Waals surface area contributed by atoms with Crippen molar-refractivity contribution < 1.29 is 9.63 Å².